The van der Waals surface area contributed by atoms with Gasteiger partial charge in [0.2, 0.25) is 10.0 Å². The third kappa shape index (κ3) is 3.74. The van der Waals surface area contributed by atoms with Crippen LogP contribution in [0, 0.1) is 5.92 Å². The van der Waals surface area contributed by atoms with Crippen LogP contribution < -0.4 is 9.46 Å². The van der Waals surface area contributed by atoms with E-state index in [1.54, 1.807) is 0 Å². The summed E-state index contributed by atoms with van der Waals surface area (Å²) in [6.45, 7) is 0.409. The molecule has 2 rings (SSSR count). The monoisotopic (exact) mass is 313 g/mol. The van der Waals surface area contributed by atoms with E-state index in [4.69, 9.17) is 9.84 Å². The number of carboxylic acid groups (broad SMARTS) is 1. The van der Waals surface area contributed by atoms with Crippen LogP contribution in [0.5, 0.6) is 5.75 Å². The summed E-state index contributed by atoms with van der Waals surface area (Å²) < 4.78 is 32.2. The van der Waals surface area contributed by atoms with Gasteiger partial charge in [0, 0.05) is 6.54 Å². The third-order valence-electron chi connectivity index (χ3n) is 3.74. The number of aromatic carboxylic acids is 1. The van der Waals surface area contributed by atoms with Crippen LogP contribution in [-0.2, 0) is 10.0 Å². The van der Waals surface area contributed by atoms with Crippen molar-refractivity contribution in [2.45, 2.75) is 30.6 Å². The van der Waals surface area contributed by atoms with Gasteiger partial charge in [0.25, 0.3) is 0 Å². The third-order valence-corrected chi connectivity index (χ3v) is 5.20. The number of carbonyl (C=O) groups is 1. The van der Waals surface area contributed by atoms with E-state index >= 15 is 0 Å². The van der Waals surface area contributed by atoms with Crippen LogP contribution in [0.3, 0.4) is 0 Å². The molecule has 7 heteroatoms. The van der Waals surface area contributed by atoms with E-state index in [0.29, 0.717) is 12.5 Å². The number of hydrogen-bond acceptors (Lipinski definition) is 4. The van der Waals surface area contributed by atoms with Gasteiger partial charge in [-0.05, 0) is 37.0 Å². The van der Waals surface area contributed by atoms with Gasteiger partial charge in [-0.25, -0.2) is 17.9 Å². The molecule has 0 aliphatic heterocycles. The molecule has 1 aromatic rings. The summed E-state index contributed by atoms with van der Waals surface area (Å²) in [5.74, 6) is -0.714. The van der Waals surface area contributed by atoms with Crippen molar-refractivity contribution in [1.29, 1.82) is 0 Å². The minimum Gasteiger partial charge on any atom is -0.495 e. The molecule has 1 saturated carbocycles. The lowest BCUT2D eigenvalue weighted by molar-refractivity contribution is 0.0696. The molecule has 116 valence electrons. The normalized spacial score (nSPS) is 16.0. The quantitative estimate of drug-likeness (QED) is 0.836. The van der Waals surface area contributed by atoms with E-state index in [9.17, 15) is 13.2 Å². The van der Waals surface area contributed by atoms with Crippen LogP contribution in [0.4, 0.5) is 0 Å². The Kier molecular flexibility index (Phi) is 4.84. The van der Waals surface area contributed by atoms with Gasteiger partial charge in [0.15, 0.2) is 0 Å². The van der Waals surface area contributed by atoms with Crippen molar-refractivity contribution in [2.75, 3.05) is 13.7 Å². The molecule has 0 heterocycles. The molecule has 0 saturated heterocycles. The van der Waals surface area contributed by atoms with Crippen LogP contribution >= 0.6 is 0 Å². The van der Waals surface area contributed by atoms with E-state index in [-0.39, 0.29) is 16.2 Å². The molecule has 21 heavy (non-hydrogen) atoms. The molecule has 1 aliphatic carbocycles. The topological polar surface area (TPSA) is 92.7 Å². The van der Waals surface area contributed by atoms with Crippen molar-refractivity contribution in [2.24, 2.45) is 5.92 Å². The van der Waals surface area contributed by atoms with Crippen LogP contribution in [0.2, 0.25) is 0 Å². The summed E-state index contributed by atoms with van der Waals surface area (Å²) in [7, 11) is -2.38. The summed E-state index contributed by atoms with van der Waals surface area (Å²) in [6.07, 6.45) is 4.36. The van der Waals surface area contributed by atoms with Gasteiger partial charge in [-0.15, -0.1) is 0 Å². The summed E-state index contributed by atoms with van der Waals surface area (Å²) in [5, 5.41) is 8.92. The molecule has 6 nitrogen and oxygen atoms in total. The van der Waals surface area contributed by atoms with Gasteiger partial charge in [0.1, 0.15) is 10.6 Å². The molecular weight excluding hydrogens is 294 g/mol. The van der Waals surface area contributed by atoms with E-state index in [0.717, 1.165) is 25.7 Å². The minimum atomic E-state index is -3.70. The fourth-order valence-electron chi connectivity index (χ4n) is 2.54. The zero-order chi connectivity index (χ0) is 15.5. The Bertz CT molecular complexity index is 620. The number of nitrogens with one attached hydrogen (secondary N) is 1. The number of rotatable bonds is 6. The van der Waals surface area contributed by atoms with Gasteiger partial charge in [-0.3, -0.25) is 0 Å². The highest BCUT2D eigenvalue weighted by molar-refractivity contribution is 7.89. The lowest BCUT2D eigenvalue weighted by Crippen LogP contribution is -2.28. The maximum absolute atomic E-state index is 12.3. The molecule has 0 amide bonds. The lowest BCUT2D eigenvalue weighted by atomic mass is 10.1. The van der Waals surface area contributed by atoms with Crippen molar-refractivity contribution in [3.05, 3.63) is 23.8 Å². The zero-order valence-electron chi connectivity index (χ0n) is 11.8. The second-order valence-corrected chi connectivity index (χ2v) is 6.91. The molecule has 0 unspecified atom stereocenters. The van der Waals surface area contributed by atoms with Gasteiger partial charge in [-0.2, -0.15) is 0 Å². The maximum Gasteiger partial charge on any atom is 0.335 e. The summed E-state index contributed by atoms with van der Waals surface area (Å²) in [4.78, 5) is 10.9. The first-order valence-electron chi connectivity index (χ1n) is 6.85. The van der Waals surface area contributed by atoms with Crippen LogP contribution in [0.25, 0.3) is 0 Å². The van der Waals surface area contributed by atoms with Crippen LogP contribution in [0.15, 0.2) is 23.1 Å². The predicted octanol–water partition coefficient (Wildman–Crippen LogP) is 1.86. The summed E-state index contributed by atoms with van der Waals surface area (Å²) in [5.41, 5.74) is -0.0124. The molecular formula is C14H19NO5S. The Morgan fingerprint density at radius 3 is 2.62 bits per heavy atom. The van der Waals surface area contributed by atoms with E-state index in [2.05, 4.69) is 4.72 Å². The van der Waals surface area contributed by atoms with E-state index in [1.165, 1.54) is 25.3 Å². The highest BCUT2D eigenvalue weighted by atomic mass is 32.2. The standard InChI is InChI=1S/C14H19NO5S/c1-20-12-8-11(14(16)17)6-7-13(12)21(18,19)15-9-10-4-2-3-5-10/h6-8,10,15H,2-5,9H2,1H3,(H,16,17). The highest BCUT2D eigenvalue weighted by Crippen LogP contribution is 2.27. The number of benzene rings is 1. The Morgan fingerprint density at radius 1 is 1.38 bits per heavy atom. The molecule has 1 aromatic carbocycles. The summed E-state index contributed by atoms with van der Waals surface area (Å²) >= 11 is 0. The zero-order valence-corrected chi connectivity index (χ0v) is 12.6. The number of ether oxygens (including phenoxy) is 1. The summed E-state index contributed by atoms with van der Waals surface area (Å²) in [6, 6.07) is 3.74. The van der Waals surface area contributed by atoms with Gasteiger partial charge in [-0.1, -0.05) is 12.8 Å². The van der Waals surface area contributed by atoms with E-state index < -0.39 is 16.0 Å². The molecule has 0 atom stereocenters. The second kappa shape index (κ2) is 6.44. The number of methoxy groups -OCH3 is 1. The lowest BCUT2D eigenvalue weighted by Gasteiger charge is -2.13. The van der Waals surface area contributed by atoms with Gasteiger partial charge in [0.05, 0.1) is 12.7 Å². The van der Waals surface area contributed by atoms with Crippen molar-refractivity contribution in [3.63, 3.8) is 0 Å². The molecule has 2 N–H and O–H groups in total. The predicted molar refractivity (Wildman–Crippen MR) is 77.1 cm³/mol. The Labute approximate surface area is 124 Å². The highest BCUT2D eigenvalue weighted by Gasteiger charge is 2.23. The average Bonchev–Trinajstić information content (AvgIpc) is 2.97. The molecule has 0 spiro atoms. The maximum atomic E-state index is 12.3. The van der Waals surface area contributed by atoms with Crippen molar-refractivity contribution < 1.29 is 23.1 Å². The Balaban J connectivity index is 2.20. The molecule has 0 bridgehead atoms. The Hall–Kier alpha value is -1.60. The fourth-order valence-corrected chi connectivity index (χ4v) is 3.81. The number of hydrogen-bond donors (Lipinski definition) is 2. The minimum absolute atomic E-state index is 0.0124. The second-order valence-electron chi connectivity index (χ2n) is 5.17. The van der Waals surface area contributed by atoms with Crippen molar-refractivity contribution >= 4 is 16.0 Å². The first-order chi connectivity index (χ1) is 9.94. The van der Waals surface area contributed by atoms with Crippen molar-refractivity contribution in [1.82, 2.24) is 4.72 Å². The Morgan fingerprint density at radius 2 is 2.05 bits per heavy atom. The van der Waals surface area contributed by atoms with E-state index in [1.807, 2.05) is 0 Å². The van der Waals surface area contributed by atoms with Crippen molar-refractivity contribution in [3.8, 4) is 5.75 Å². The number of sulfonamides is 1. The largest absolute Gasteiger partial charge is 0.495 e. The first-order valence-corrected chi connectivity index (χ1v) is 8.33. The fraction of sp³-hybridized carbons (Fsp3) is 0.500. The molecule has 1 fully saturated rings. The molecule has 1 aliphatic rings. The number of carboxylic acids is 1. The molecule has 0 aromatic heterocycles. The van der Waals surface area contributed by atoms with Crippen LogP contribution in [0.1, 0.15) is 36.0 Å². The van der Waals surface area contributed by atoms with Crippen LogP contribution in [-0.4, -0.2) is 33.1 Å². The smallest absolute Gasteiger partial charge is 0.335 e. The first kappa shape index (κ1) is 15.8. The molecule has 0 radical (unpaired) electrons. The SMILES string of the molecule is COc1cc(C(=O)O)ccc1S(=O)(=O)NCC1CCCC1. The average molecular weight is 313 g/mol. The van der Waals surface area contributed by atoms with Gasteiger partial charge < -0.3 is 9.84 Å². The van der Waals surface area contributed by atoms with Gasteiger partial charge >= 0.3 is 5.97 Å².